The summed E-state index contributed by atoms with van der Waals surface area (Å²) in [6.07, 6.45) is 7.89. The maximum absolute atomic E-state index is 13.4. The van der Waals surface area contributed by atoms with E-state index in [-0.39, 0.29) is 33.0 Å². The van der Waals surface area contributed by atoms with Gasteiger partial charge in [0.25, 0.3) is 10.0 Å². The summed E-state index contributed by atoms with van der Waals surface area (Å²) in [5.74, 6) is -3.18. The second-order valence-corrected chi connectivity index (χ2v) is 12.9. The van der Waals surface area contributed by atoms with Crippen molar-refractivity contribution in [1.29, 1.82) is 0 Å². The van der Waals surface area contributed by atoms with Crippen molar-refractivity contribution < 1.29 is 36.0 Å². The van der Waals surface area contributed by atoms with Gasteiger partial charge in [-0.2, -0.15) is 17.6 Å². The van der Waals surface area contributed by atoms with E-state index in [1.54, 1.807) is 30.3 Å². The molecular weight excluding hydrogens is 570 g/mol. The van der Waals surface area contributed by atoms with Crippen molar-refractivity contribution in [2.75, 3.05) is 6.26 Å². The van der Waals surface area contributed by atoms with Crippen LogP contribution in [0.5, 0.6) is 0 Å². The Balaban J connectivity index is 1.38. The molecule has 0 aliphatic heterocycles. The Kier molecular flexibility index (Phi) is 5.76. The van der Waals surface area contributed by atoms with Crippen LogP contribution in [0.25, 0.3) is 34.4 Å². The van der Waals surface area contributed by atoms with Crippen LogP contribution in [-0.4, -0.2) is 59.4 Å². The molecule has 41 heavy (non-hydrogen) atoms. The molecule has 0 atom stereocenters. The molecule has 4 aromatic rings. The number of Topliss-reactive ketones (excluding diaryl/α,β-unsaturated/α-hetero) is 2. The van der Waals surface area contributed by atoms with Crippen LogP contribution in [0.2, 0.25) is 0 Å². The van der Waals surface area contributed by atoms with Crippen LogP contribution in [0.4, 0.5) is 0 Å². The number of carbonyl (C=O) groups is 4. The van der Waals surface area contributed by atoms with E-state index in [1.807, 2.05) is 0 Å². The van der Waals surface area contributed by atoms with E-state index < -0.39 is 43.2 Å². The molecule has 2 heterocycles. The van der Waals surface area contributed by atoms with Gasteiger partial charge in [0.2, 0.25) is 33.2 Å². The van der Waals surface area contributed by atoms with E-state index in [9.17, 15) is 36.0 Å². The van der Waals surface area contributed by atoms with Crippen molar-refractivity contribution in [1.82, 2.24) is 13.2 Å². The van der Waals surface area contributed by atoms with Crippen LogP contribution in [0.15, 0.2) is 78.0 Å². The first kappa shape index (κ1) is 26.2. The molecule has 0 radical (unpaired) electrons. The van der Waals surface area contributed by atoms with Crippen LogP contribution >= 0.6 is 0 Å². The van der Waals surface area contributed by atoms with Gasteiger partial charge in [0.15, 0.2) is 0 Å². The zero-order chi connectivity index (χ0) is 29.3. The number of benzene rings is 2. The molecule has 2 aromatic carbocycles. The first-order valence-corrected chi connectivity index (χ1v) is 15.2. The predicted molar refractivity (Wildman–Crippen MR) is 147 cm³/mol. The molecule has 2 aromatic heterocycles. The fourth-order valence-electron chi connectivity index (χ4n) is 4.74. The molecule has 0 fully saturated rings. The SMILES string of the molecule is CS(=O)(=O)n1cc(-c2ccc(-c3cccc(S(=O)(=O)n4ncc5c4C=CC(=O)C5=O)c3)cc2)c2c1C=CC(=O)C2=O. The molecule has 0 saturated heterocycles. The summed E-state index contributed by atoms with van der Waals surface area (Å²) in [6.45, 7) is 0. The van der Waals surface area contributed by atoms with E-state index in [0.29, 0.717) is 20.8 Å². The molecule has 13 heteroatoms. The van der Waals surface area contributed by atoms with Crippen molar-refractivity contribution in [3.63, 3.8) is 0 Å². The minimum absolute atomic E-state index is 0.0134. The van der Waals surface area contributed by atoms with E-state index in [1.165, 1.54) is 36.5 Å². The smallest absolute Gasteiger partial charge is 0.283 e. The molecule has 0 spiro atoms. The Morgan fingerprint density at radius 3 is 2.00 bits per heavy atom. The van der Waals surface area contributed by atoms with Gasteiger partial charge in [0.1, 0.15) is 0 Å². The summed E-state index contributed by atoms with van der Waals surface area (Å²) in [5.41, 5.74) is 1.82. The standard InChI is InChI=1S/C28H17N3O8S2/c1-40(36,37)30-15-21(26-23(30)10-12-25(33)28(26)35)17-7-5-16(6-8-17)18-3-2-4-19(13-18)41(38,39)31-22-9-11-24(32)27(34)20(22)14-29-31/h2-15H,1H3. The lowest BCUT2D eigenvalue weighted by molar-refractivity contribution is -0.111. The highest BCUT2D eigenvalue weighted by atomic mass is 32.2. The van der Waals surface area contributed by atoms with E-state index in [0.717, 1.165) is 28.6 Å². The molecule has 2 aliphatic carbocycles. The zero-order valence-corrected chi connectivity index (χ0v) is 22.6. The Morgan fingerprint density at radius 2 is 1.32 bits per heavy atom. The lowest BCUT2D eigenvalue weighted by Crippen LogP contribution is -2.20. The number of allylic oxidation sites excluding steroid dienone is 2. The molecule has 0 unspecified atom stereocenters. The number of nitrogens with zero attached hydrogens (tertiary/aromatic N) is 3. The number of fused-ring (bicyclic) bond motifs is 2. The fraction of sp³-hybridized carbons (Fsp3) is 0.0357. The largest absolute Gasteiger partial charge is 0.286 e. The van der Waals surface area contributed by atoms with Crippen molar-refractivity contribution in [2.24, 2.45) is 0 Å². The summed E-state index contributed by atoms with van der Waals surface area (Å²) >= 11 is 0. The average Bonchev–Trinajstić information content (AvgIpc) is 3.56. The van der Waals surface area contributed by atoms with Gasteiger partial charge < -0.3 is 0 Å². The monoisotopic (exact) mass is 587 g/mol. The van der Waals surface area contributed by atoms with Gasteiger partial charge in [0, 0.05) is 11.8 Å². The summed E-state index contributed by atoms with van der Waals surface area (Å²) in [4.78, 5) is 48.4. The van der Waals surface area contributed by atoms with E-state index >= 15 is 0 Å². The second kappa shape index (κ2) is 9.01. The highest BCUT2D eigenvalue weighted by Gasteiger charge is 2.32. The van der Waals surface area contributed by atoms with Crippen LogP contribution in [-0.2, 0) is 29.6 Å². The van der Waals surface area contributed by atoms with Gasteiger partial charge in [0.05, 0.1) is 39.9 Å². The van der Waals surface area contributed by atoms with Gasteiger partial charge in [-0.1, -0.05) is 36.4 Å². The highest BCUT2D eigenvalue weighted by molar-refractivity contribution is 7.90. The average molecular weight is 588 g/mol. The number of rotatable bonds is 5. The summed E-state index contributed by atoms with van der Waals surface area (Å²) in [7, 11) is -8.01. The first-order chi connectivity index (χ1) is 19.4. The molecule has 11 nitrogen and oxygen atoms in total. The predicted octanol–water partition coefficient (Wildman–Crippen LogP) is 2.62. The molecule has 2 aliphatic rings. The number of ketones is 4. The Hall–Kier alpha value is -5.01. The quantitative estimate of drug-likeness (QED) is 0.320. The molecule has 0 amide bonds. The van der Waals surface area contributed by atoms with Gasteiger partial charge in [-0.05, 0) is 53.1 Å². The topological polar surface area (TPSA) is 159 Å². The zero-order valence-electron chi connectivity index (χ0n) is 21.0. The van der Waals surface area contributed by atoms with Gasteiger partial charge in [-0.3, -0.25) is 19.2 Å². The van der Waals surface area contributed by atoms with Crippen LogP contribution in [0.1, 0.15) is 32.1 Å². The minimum Gasteiger partial charge on any atom is -0.286 e. The van der Waals surface area contributed by atoms with Gasteiger partial charge in [-0.25, -0.2) is 12.4 Å². The van der Waals surface area contributed by atoms with Gasteiger partial charge >= 0.3 is 0 Å². The van der Waals surface area contributed by atoms with Crippen molar-refractivity contribution in [2.45, 2.75) is 4.90 Å². The second-order valence-electron chi connectivity index (χ2n) is 9.31. The summed E-state index contributed by atoms with van der Waals surface area (Å²) < 4.78 is 53.1. The lowest BCUT2D eigenvalue weighted by atomic mass is 9.93. The number of aromatic nitrogens is 3. The summed E-state index contributed by atoms with van der Waals surface area (Å²) in [6, 6.07) is 12.6. The van der Waals surface area contributed by atoms with Gasteiger partial charge in [-0.15, -0.1) is 0 Å². The number of carbonyl (C=O) groups excluding carboxylic acids is 4. The maximum Gasteiger partial charge on any atom is 0.283 e. The fourth-order valence-corrected chi connectivity index (χ4v) is 6.87. The third kappa shape index (κ3) is 4.13. The lowest BCUT2D eigenvalue weighted by Gasteiger charge is -2.11. The highest BCUT2D eigenvalue weighted by Crippen LogP contribution is 2.34. The Bertz CT molecular complexity index is 2150. The van der Waals surface area contributed by atoms with Crippen molar-refractivity contribution in [3.8, 4) is 22.3 Å². The minimum atomic E-state index is -4.24. The van der Waals surface area contributed by atoms with Crippen molar-refractivity contribution in [3.05, 3.63) is 95.6 Å². The molecule has 0 bridgehead atoms. The molecule has 0 N–H and O–H groups in total. The van der Waals surface area contributed by atoms with Crippen LogP contribution in [0.3, 0.4) is 0 Å². The molecule has 6 rings (SSSR count). The van der Waals surface area contributed by atoms with E-state index in [4.69, 9.17) is 0 Å². The van der Waals surface area contributed by atoms with Crippen LogP contribution in [0, 0.1) is 0 Å². The molecule has 0 saturated carbocycles. The Labute approximate surface area is 233 Å². The first-order valence-electron chi connectivity index (χ1n) is 11.9. The normalized spacial score (nSPS) is 14.9. The molecular formula is C28H17N3O8S2. The maximum atomic E-state index is 13.4. The third-order valence-corrected chi connectivity index (χ3v) is 9.35. The molecule has 204 valence electrons. The number of hydrogen-bond acceptors (Lipinski definition) is 9. The van der Waals surface area contributed by atoms with Crippen molar-refractivity contribution >= 4 is 55.3 Å². The van der Waals surface area contributed by atoms with Crippen LogP contribution < -0.4 is 0 Å². The Morgan fingerprint density at radius 1 is 0.683 bits per heavy atom. The van der Waals surface area contributed by atoms with E-state index in [2.05, 4.69) is 5.10 Å². The summed E-state index contributed by atoms with van der Waals surface area (Å²) in [5, 5.41) is 3.85. The third-order valence-electron chi connectivity index (χ3n) is 6.73. The number of hydrogen-bond donors (Lipinski definition) is 0.